The molecule has 0 radical (unpaired) electrons. The lowest BCUT2D eigenvalue weighted by atomic mass is 9.79. The van der Waals surface area contributed by atoms with Crippen LogP contribution in [0.5, 0.6) is 0 Å². The van der Waals surface area contributed by atoms with Gasteiger partial charge in [-0.2, -0.15) is 21.6 Å². The van der Waals surface area contributed by atoms with E-state index in [1.165, 1.54) is 0 Å². The predicted molar refractivity (Wildman–Crippen MR) is 104 cm³/mol. The fraction of sp³-hybridized carbons (Fsp3) is 0.850. The maximum atomic E-state index is 12.9. The lowest BCUT2D eigenvalue weighted by Gasteiger charge is -2.31. The average molecular weight is 500 g/mol. The molecule has 2 saturated carbocycles. The van der Waals surface area contributed by atoms with Gasteiger partial charge in [0, 0.05) is 5.92 Å². The molecule has 9 nitrogen and oxygen atoms in total. The summed E-state index contributed by atoms with van der Waals surface area (Å²) >= 11 is 0. The molecule has 0 bridgehead atoms. The van der Waals surface area contributed by atoms with E-state index in [4.69, 9.17) is 14.0 Å². The van der Waals surface area contributed by atoms with Crippen molar-refractivity contribution in [1.29, 1.82) is 0 Å². The zero-order chi connectivity index (χ0) is 24.6. The third-order valence-corrected chi connectivity index (χ3v) is 7.91. The molecular formula is C20H27F3O9S. The molecule has 2 aliphatic carbocycles. The number of hydrogen-bond donors (Lipinski definition) is 1. The van der Waals surface area contributed by atoms with Gasteiger partial charge in [0.05, 0.1) is 17.8 Å². The zero-order valence-corrected chi connectivity index (χ0v) is 18.8. The summed E-state index contributed by atoms with van der Waals surface area (Å²) in [6.07, 6.45) is -2.84. The van der Waals surface area contributed by atoms with Gasteiger partial charge in [0.1, 0.15) is 18.8 Å². The van der Waals surface area contributed by atoms with Gasteiger partial charge in [-0.15, -0.1) is 0 Å². The number of halogens is 3. The average Bonchev–Trinajstić information content (AvgIpc) is 3.30. The lowest BCUT2D eigenvalue weighted by molar-refractivity contribution is -0.174. The first-order valence-corrected chi connectivity index (χ1v) is 12.4. The van der Waals surface area contributed by atoms with Gasteiger partial charge in [0.25, 0.3) is 10.1 Å². The van der Waals surface area contributed by atoms with Crippen LogP contribution in [0.25, 0.3) is 0 Å². The molecule has 0 aromatic heterocycles. The second-order valence-electron chi connectivity index (χ2n) is 8.92. The van der Waals surface area contributed by atoms with Crippen LogP contribution in [0.1, 0.15) is 51.9 Å². The standard InChI is InChI=1S/C20H27F3O9S/c1-10(16-11-7-4-8-12(11)19(26)32-16)31-18(25)14-6-3-2-5-13(14)17(24)30-9-15(20(21,22)23)33(27,28)29/h10-16H,2-9H2,1H3,(H,27,28,29). The highest BCUT2D eigenvalue weighted by Crippen LogP contribution is 2.43. The van der Waals surface area contributed by atoms with E-state index in [1.54, 1.807) is 6.92 Å². The van der Waals surface area contributed by atoms with Crippen molar-refractivity contribution in [3.8, 4) is 0 Å². The van der Waals surface area contributed by atoms with Gasteiger partial charge in [-0.1, -0.05) is 19.3 Å². The third kappa shape index (κ3) is 5.79. The Morgan fingerprint density at radius 3 is 2.27 bits per heavy atom. The summed E-state index contributed by atoms with van der Waals surface area (Å²) < 4.78 is 85.0. The van der Waals surface area contributed by atoms with Gasteiger partial charge in [-0.25, -0.2) is 0 Å². The maximum absolute atomic E-state index is 12.9. The van der Waals surface area contributed by atoms with Crippen molar-refractivity contribution in [2.45, 2.75) is 75.5 Å². The van der Waals surface area contributed by atoms with Gasteiger partial charge in [-0.3, -0.25) is 18.9 Å². The number of carbonyl (C=O) groups is 3. The number of esters is 3. The Labute approximate surface area is 189 Å². The van der Waals surface area contributed by atoms with Crippen LogP contribution in [0, 0.1) is 23.7 Å². The molecule has 3 aliphatic rings. The molecule has 0 aromatic carbocycles. The van der Waals surface area contributed by atoms with E-state index in [-0.39, 0.29) is 30.6 Å². The smallest absolute Gasteiger partial charge is 0.411 e. The van der Waals surface area contributed by atoms with E-state index >= 15 is 0 Å². The fourth-order valence-corrected chi connectivity index (χ4v) is 5.65. The summed E-state index contributed by atoms with van der Waals surface area (Å²) in [5.74, 6) is -4.58. The topological polar surface area (TPSA) is 133 Å². The number of cyclic esters (lactones) is 1. The van der Waals surface area contributed by atoms with E-state index in [0.717, 1.165) is 19.3 Å². The van der Waals surface area contributed by atoms with Crippen LogP contribution in [0.2, 0.25) is 0 Å². The highest BCUT2D eigenvalue weighted by molar-refractivity contribution is 7.86. The van der Waals surface area contributed by atoms with Crippen LogP contribution >= 0.6 is 0 Å². The number of ether oxygens (including phenoxy) is 3. The van der Waals surface area contributed by atoms with Gasteiger partial charge in [0.2, 0.25) is 5.25 Å². The Morgan fingerprint density at radius 2 is 1.70 bits per heavy atom. The van der Waals surface area contributed by atoms with Gasteiger partial charge in [0.15, 0.2) is 0 Å². The highest BCUT2D eigenvalue weighted by atomic mass is 32.2. The molecule has 0 spiro atoms. The normalized spacial score (nSPS) is 31.9. The molecule has 0 amide bonds. The number of rotatable bonds is 7. The van der Waals surface area contributed by atoms with Gasteiger partial charge in [-0.05, 0) is 32.6 Å². The minimum atomic E-state index is -5.55. The Kier molecular flexibility index (Phi) is 7.62. The molecule has 0 aromatic rings. The van der Waals surface area contributed by atoms with Crippen LogP contribution in [-0.2, 0) is 38.7 Å². The Morgan fingerprint density at radius 1 is 1.09 bits per heavy atom. The van der Waals surface area contributed by atoms with E-state index in [1.807, 2.05) is 0 Å². The number of fused-ring (bicyclic) bond motifs is 1. The minimum absolute atomic E-state index is 0.0489. The molecule has 13 heteroatoms. The van der Waals surface area contributed by atoms with Gasteiger partial charge < -0.3 is 14.2 Å². The molecule has 7 atom stereocenters. The molecule has 188 valence electrons. The van der Waals surface area contributed by atoms with E-state index in [9.17, 15) is 36.0 Å². The van der Waals surface area contributed by atoms with Crippen LogP contribution in [0.4, 0.5) is 13.2 Å². The molecule has 1 saturated heterocycles. The van der Waals surface area contributed by atoms with Crippen molar-refractivity contribution in [2.75, 3.05) is 6.61 Å². The van der Waals surface area contributed by atoms with E-state index in [0.29, 0.717) is 12.8 Å². The number of carbonyl (C=O) groups excluding carboxylic acids is 3. The van der Waals surface area contributed by atoms with Crippen LogP contribution in [0.3, 0.4) is 0 Å². The van der Waals surface area contributed by atoms with Crippen molar-refractivity contribution in [3.63, 3.8) is 0 Å². The molecule has 1 heterocycles. The summed E-state index contributed by atoms with van der Waals surface area (Å²) in [5.41, 5.74) is 0. The van der Waals surface area contributed by atoms with Crippen LogP contribution in [0.15, 0.2) is 0 Å². The molecule has 33 heavy (non-hydrogen) atoms. The van der Waals surface area contributed by atoms with Crippen molar-refractivity contribution in [2.24, 2.45) is 23.7 Å². The summed E-state index contributed by atoms with van der Waals surface area (Å²) in [6.45, 7) is -0.0241. The molecule has 3 rings (SSSR count). The second kappa shape index (κ2) is 9.77. The minimum Gasteiger partial charge on any atom is -0.464 e. The van der Waals surface area contributed by atoms with Crippen molar-refractivity contribution >= 4 is 28.0 Å². The summed E-state index contributed by atoms with van der Waals surface area (Å²) in [6, 6.07) is 0. The Balaban J connectivity index is 1.62. The lowest BCUT2D eigenvalue weighted by Crippen LogP contribution is -2.43. The Hall–Kier alpha value is -1.89. The highest BCUT2D eigenvalue weighted by Gasteiger charge is 2.51. The summed E-state index contributed by atoms with van der Waals surface area (Å²) in [7, 11) is -5.55. The molecule has 1 N–H and O–H groups in total. The van der Waals surface area contributed by atoms with Crippen LogP contribution < -0.4 is 0 Å². The SMILES string of the molecule is CC(OC(=O)C1CCCCC1C(=O)OCC(C(F)(F)F)S(=O)(=O)O)C1OC(=O)C2CCCC21. The van der Waals surface area contributed by atoms with Crippen LogP contribution in [-0.4, -0.2) is 61.1 Å². The first kappa shape index (κ1) is 25.7. The first-order valence-electron chi connectivity index (χ1n) is 10.9. The first-order chi connectivity index (χ1) is 15.3. The monoisotopic (exact) mass is 500 g/mol. The van der Waals surface area contributed by atoms with Crippen molar-refractivity contribution in [1.82, 2.24) is 0 Å². The largest absolute Gasteiger partial charge is 0.464 e. The fourth-order valence-electron chi connectivity index (χ4n) is 5.07. The van der Waals surface area contributed by atoms with Crippen molar-refractivity contribution < 1.29 is 54.7 Å². The third-order valence-electron chi connectivity index (χ3n) is 6.78. The van der Waals surface area contributed by atoms with E-state index < -0.39 is 64.1 Å². The maximum Gasteiger partial charge on any atom is 0.411 e. The molecule has 3 fully saturated rings. The summed E-state index contributed by atoms with van der Waals surface area (Å²) in [4.78, 5) is 37.3. The second-order valence-corrected chi connectivity index (χ2v) is 10.5. The Bertz CT molecular complexity index is 872. The molecule has 1 aliphatic heterocycles. The molecule has 7 unspecified atom stereocenters. The zero-order valence-electron chi connectivity index (χ0n) is 18.0. The quantitative estimate of drug-likeness (QED) is 0.318. The molecular weight excluding hydrogens is 473 g/mol. The predicted octanol–water partition coefficient (Wildman–Crippen LogP) is 2.43. The van der Waals surface area contributed by atoms with E-state index in [2.05, 4.69) is 4.74 Å². The van der Waals surface area contributed by atoms with Crippen molar-refractivity contribution in [3.05, 3.63) is 0 Å². The number of alkyl halides is 3. The summed E-state index contributed by atoms with van der Waals surface area (Å²) in [5, 5.41) is -3.28. The van der Waals surface area contributed by atoms with Gasteiger partial charge >= 0.3 is 24.1 Å². The number of hydrogen-bond acceptors (Lipinski definition) is 8.